The molecule has 0 aromatic heterocycles. The SMILES string of the molecule is COC(C)(C)CNC(=O)NC(=O)CC(C)CC(=O)O. The van der Waals surface area contributed by atoms with E-state index in [0.717, 1.165) is 0 Å². The molecule has 7 heteroatoms. The lowest BCUT2D eigenvalue weighted by Gasteiger charge is -2.23. The Balaban J connectivity index is 4.00. The van der Waals surface area contributed by atoms with Gasteiger partial charge in [0.1, 0.15) is 0 Å². The van der Waals surface area contributed by atoms with Gasteiger partial charge >= 0.3 is 12.0 Å². The largest absolute Gasteiger partial charge is 0.481 e. The van der Waals surface area contributed by atoms with Crippen molar-refractivity contribution in [1.29, 1.82) is 0 Å². The fourth-order valence-electron chi connectivity index (χ4n) is 1.27. The van der Waals surface area contributed by atoms with Crippen LogP contribution in [0.4, 0.5) is 4.79 Å². The number of aliphatic carboxylic acids is 1. The number of carboxylic acid groups (broad SMARTS) is 1. The number of rotatable bonds is 7. The summed E-state index contributed by atoms with van der Waals surface area (Å²) >= 11 is 0. The minimum absolute atomic E-state index is 0.00656. The Hall–Kier alpha value is -1.63. The Morgan fingerprint density at radius 2 is 1.84 bits per heavy atom. The molecular formula is C12H22N2O5. The fourth-order valence-corrected chi connectivity index (χ4v) is 1.27. The topological polar surface area (TPSA) is 105 Å². The van der Waals surface area contributed by atoms with Crippen molar-refractivity contribution in [2.75, 3.05) is 13.7 Å². The number of hydrogen-bond donors (Lipinski definition) is 3. The zero-order valence-electron chi connectivity index (χ0n) is 11.8. The Bertz CT molecular complexity index is 341. The van der Waals surface area contributed by atoms with Crippen molar-refractivity contribution in [3.63, 3.8) is 0 Å². The number of hydrogen-bond acceptors (Lipinski definition) is 4. The summed E-state index contributed by atoms with van der Waals surface area (Å²) in [5.41, 5.74) is -0.517. The van der Waals surface area contributed by atoms with Gasteiger partial charge in [0, 0.05) is 26.5 Å². The van der Waals surface area contributed by atoms with E-state index >= 15 is 0 Å². The molecule has 3 amide bonds. The number of amides is 3. The molecular weight excluding hydrogens is 252 g/mol. The van der Waals surface area contributed by atoms with Crippen LogP contribution in [0, 0.1) is 5.92 Å². The molecule has 3 N–H and O–H groups in total. The molecule has 0 rings (SSSR count). The molecule has 0 heterocycles. The van der Waals surface area contributed by atoms with E-state index in [9.17, 15) is 14.4 Å². The summed E-state index contributed by atoms with van der Waals surface area (Å²) in [4.78, 5) is 33.3. The van der Waals surface area contributed by atoms with Crippen molar-refractivity contribution in [3.8, 4) is 0 Å². The second kappa shape index (κ2) is 7.73. The molecule has 0 spiro atoms. The summed E-state index contributed by atoms with van der Waals surface area (Å²) in [7, 11) is 1.53. The van der Waals surface area contributed by atoms with Gasteiger partial charge in [-0.25, -0.2) is 4.79 Å². The van der Waals surface area contributed by atoms with E-state index in [-0.39, 0.29) is 25.3 Å². The maximum atomic E-state index is 11.4. The highest BCUT2D eigenvalue weighted by Crippen LogP contribution is 2.07. The highest BCUT2D eigenvalue weighted by Gasteiger charge is 2.19. The quantitative estimate of drug-likeness (QED) is 0.635. The van der Waals surface area contributed by atoms with Gasteiger partial charge in [0.05, 0.1) is 5.60 Å². The molecule has 1 unspecified atom stereocenters. The predicted octanol–water partition coefficient (Wildman–Crippen LogP) is 0.738. The van der Waals surface area contributed by atoms with E-state index in [1.807, 2.05) is 0 Å². The maximum absolute atomic E-state index is 11.4. The first-order chi connectivity index (χ1) is 8.66. The lowest BCUT2D eigenvalue weighted by Crippen LogP contribution is -2.46. The zero-order chi connectivity index (χ0) is 15.1. The zero-order valence-corrected chi connectivity index (χ0v) is 11.8. The molecule has 0 aromatic carbocycles. The van der Waals surface area contributed by atoms with Crippen LogP contribution >= 0.6 is 0 Å². The monoisotopic (exact) mass is 274 g/mol. The van der Waals surface area contributed by atoms with E-state index in [2.05, 4.69) is 10.6 Å². The van der Waals surface area contributed by atoms with Crippen LogP contribution in [-0.4, -0.2) is 42.3 Å². The summed E-state index contributed by atoms with van der Waals surface area (Å²) in [5, 5.41) is 13.2. The number of methoxy groups -OCH3 is 1. The molecule has 1 atom stereocenters. The minimum atomic E-state index is -0.966. The summed E-state index contributed by atoms with van der Waals surface area (Å²) in [6.07, 6.45) is -0.112. The van der Waals surface area contributed by atoms with Crippen LogP contribution in [0.2, 0.25) is 0 Å². The van der Waals surface area contributed by atoms with Crippen LogP contribution in [-0.2, 0) is 14.3 Å². The van der Waals surface area contributed by atoms with E-state index in [1.165, 1.54) is 7.11 Å². The normalized spacial score (nSPS) is 12.6. The summed E-state index contributed by atoms with van der Waals surface area (Å²) in [6.45, 7) is 5.49. The van der Waals surface area contributed by atoms with Crippen LogP contribution < -0.4 is 10.6 Å². The van der Waals surface area contributed by atoms with Crippen LogP contribution in [0.1, 0.15) is 33.6 Å². The third kappa shape index (κ3) is 9.01. The second-order valence-electron chi connectivity index (χ2n) is 5.10. The number of carbonyl (C=O) groups is 3. The highest BCUT2D eigenvalue weighted by atomic mass is 16.5. The standard InChI is InChI=1S/C12H22N2O5/c1-8(6-10(16)17)5-9(15)14-11(18)13-7-12(2,3)19-4/h8H,5-7H2,1-4H3,(H,16,17)(H2,13,14,15,18). The van der Waals surface area contributed by atoms with Crippen LogP contribution in [0.3, 0.4) is 0 Å². The van der Waals surface area contributed by atoms with E-state index < -0.39 is 23.5 Å². The van der Waals surface area contributed by atoms with Crippen LogP contribution in [0.25, 0.3) is 0 Å². The predicted molar refractivity (Wildman–Crippen MR) is 68.7 cm³/mol. The number of nitrogens with one attached hydrogen (secondary N) is 2. The first-order valence-corrected chi connectivity index (χ1v) is 6.01. The first kappa shape index (κ1) is 17.4. The third-order valence-corrected chi connectivity index (χ3v) is 2.54. The molecule has 0 aliphatic heterocycles. The van der Waals surface area contributed by atoms with Crippen molar-refractivity contribution in [2.45, 2.75) is 39.2 Å². The van der Waals surface area contributed by atoms with Gasteiger partial charge in [-0.1, -0.05) is 6.92 Å². The van der Waals surface area contributed by atoms with Gasteiger partial charge in [0.25, 0.3) is 0 Å². The van der Waals surface area contributed by atoms with Gasteiger partial charge in [0.15, 0.2) is 0 Å². The van der Waals surface area contributed by atoms with Gasteiger partial charge in [-0.15, -0.1) is 0 Å². The third-order valence-electron chi connectivity index (χ3n) is 2.54. The lowest BCUT2D eigenvalue weighted by molar-refractivity contribution is -0.138. The molecule has 0 aliphatic rings. The Kier molecular flexibility index (Phi) is 7.06. The first-order valence-electron chi connectivity index (χ1n) is 6.01. The molecule has 0 radical (unpaired) electrons. The number of carbonyl (C=O) groups excluding carboxylic acids is 2. The van der Waals surface area contributed by atoms with Crippen molar-refractivity contribution < 1.29 is 24.2 Å². The van der Waals surface area contributed by atoms with Crippen molar-refractivity contribution in [1.82, 2.24) is 10.6 Å². The van der Waals surface area contributed by atoms with E-state index in [1.54, 1.807) is 20.8 Å². The molecule has 110 valence electrons. The Morgan fingerprint density at radius 3 is 2.32 bits per heavy atom. The Labute approximate surface area is 112 Å². The van der Waals surface area contributed by atoms with Crippen LogP contribution in [0.15, 0.2) is 0 Å². The lowest BCUT2D eigenvalue weighted by atomic mass is 10.0. The van der Waals surface area contributed by atoms with Gasteiger partial charge in [-0.2, -0.15) is 0 Å². The average molecular weight is 274 g/mol. The summed E-state index contributed by atoms with van der Waals surface area (Å²) in [6, 6.07) is -0.613. The Morgan fingerprint density at radius 1 is 1.26 bits per heavy atom. The van der Waals surface area contributed by atoms with Crippen LogP contribution in [0.5, 0.6) is 0 Å². The van der Waals surface area contributed by atoms with Gasteiger partial charge in [0.2, 0.25) is 5.91 Å². The molecule has 0 bridgehead atoms. The van der Waals surface area contributed by atoms with Gasteiger partial charge in [-0.05, 0) is 19.8 Å². The maximum Gasteiger partial charge on any atom is 0.321 e. The highest BCUT2D eigenvalue weighted by molar-refractivity contribution is 5.94. The molecule has 0 saturated carbocycles. The van der Waals surface area contributed by atoms with Gasteiger partial charge in [-0.3, -0.25) is 14.9 Å². The molecule has 0 aromatic rings. The number of imide groups is 1. The van der Waals surface area contributed by atoms with E-state index in [0.29, 0.717) is 0 Å². The summed E-state index contributed by atoms with van der Waals surface area (Å²) in [5.74, 6) is -1.78. The smallest absolute Gasteiger partial charge is 0.321 e. The molecule has 7 nitrogen and oxygen atoms in total. The molecule has 0 saturated heterocycles. The number of carboxylic acids is 1. The average Bonchev–Trinajstić information content (AvgIpc) is 2.25. The number of urea groups is 1. The van der Waals surface area contributed by atoms with Crippen molar-refractivity contribution >= 4 is 17.9 Å². The molecule has 19 heavy (non-hydrogen) atoms. The summed E-state index contributed by atoms with van der Waals surface area (Å²) < 4.78 is 5.11. The van der Waals surface area contributed by atoms with Crippen molar-refractivity contribution in [2.24, 2.45) is 5.92 Å². The van der Waals surface area contributed by atoms with Gasteiger partial charge < -0.3 is 15.2 Å². The van der Waals surface area contributed by atoms with Crippen molar-refractivity contribution in [3.05, 3.63) is 0 Å². The minimum Gasteiger partial charge on any atom is -0.481 e. The molecule has 0 fully saturated rings. The second-order valence-corrected chi connectivity index (χ2v) is 5.10. The molecule has 0 aliphatic carbocycles. The van der Waals surface area contributed by atoms with E-state index in [4.69, 9.17) is 9.84 Å². The number of ether oxygens (including phenoxy) is 1. The fraction of sp³-hybridized carbons (Fsp3) is 0.750.